The number of fused-ring (bicyclic) bond motifs is 10. The molecule has 0 spiro atoms. The highest BCUT2D eigenvalue weighted by molar-refractivity contribution is 6.26. The molecule has 0 saturated carbocycles. The number of aromatic nitrogens is 5. The van der Waals surface area contributed by atoms with Gasteiger partial charge in [0.1, 0.15) is 11.7 Å². The van der Waals surface area contributed by atoms with Crippen LogP contribution in [-0.2, 0) is 0 Å². The third-order valence-electron chi connectivity index (χ3n) is 12.6. The van der Waals surface area contributed by atoms with Gasteiger partial charge in [0.05, 0.1) is 39.0 Å². The molecule has 7 heteroatoms. The summed E-state index contributed by atoms with van der Waals surface area (Å²) in [6, 6.07) is 73.0. The monoisotopic (exact) mass is 830 g/mol. The molecule has 0 aliphatic rings. The summed E-state index contributed by atoms with van der Waals surface area (Å²) in [5, 5.41) is 17.7. The van der Waals surface area contributed by atoms with Gasteiger partial charge in [0.2, 0.25) is 0 Å². The maximum Gasteiger partial charge on any atom is 0.164 e. The van der Waals surface area contributed by atoms with Gasteiger partial charge in [-0.25, -0.2) is 15.0 Å². The molecule has 302 valence electrons. The van der Waals surface area contributed by atoms with Crippen LogP contribution in [0.2, 0.25) is 0 Å². The van der Waals surface area contributed by atoms with Gasteiger partial charge in [0.15, 0.2) is 23.1 Å². The summed E-state index contributed by atoms with van der Waals surface area (Å²) in [7, 11) is 0. The minimum Gasteiger partial charge on any atom is -0.454 e. The fourth-order valence-corrected chi connectivity index (χ4v) is 9.78. The van der Waals surface area contributed by atoms with Gasteiger partial charge >= 0.3 is 0 Å². The van der Waals surface area contributed by atoms with Crippen LogP contribution >= 0.6 is 0 Å². The van der Waals surface area contributed by atoms with Crippen molar-refractivity contribution in [3.05, 3.63) is 212 Å². The van der Waals surface area contributed by atoms with Crippen LogP contribution in [0.25, 0.3) is 122 Å². The molecule has 0 saturated heterocycles. The van der Waals surface area contributed by atoms with Crippen molar-refractivity contribution in [3.63, 3.8) is 0 Å². The summed E-state index contributed by atoms with van der Waals surface area (Å²) in [6.45, 7) is 0. The van der Waals surface area contributed by atoms with Crippen LogP contribution in [0.3, 0.4) is 0 Å². The summed E-state index contributed by atoms with van der Waals surface area (Å²) < 4.78 is 11.2. The van der Waals surface area contributed by atoms with Crippen LogP contribution in [-0.4, -0.2) is 24.1 Å². The summed E-state index contributed by atoms with van der Waals surface area (Å²) in [5.74, 6) is 1.58. The minimum absolute atomic E-state index is 0.479. The van der Waals surface area contributed by atoms with E-state index >= 15 is 0 Å². The zero-order chi connectivity index (χ0) is 43.0. The number of furan rings is 1. The lowest BCUT2D eigenvalue weighted by atomic mass is 9.99. The second-order valence-corrected chi connectivity index (χ2v) is 16.2. The highest BCUT2D eigenvalue weighted by Gasteiger charge is 2.24. The second-order valence-electron chi connectivity index (χ2n) is 16.2. The fraction of sp³-hybridized carbons (Fsp3) is 0. The maximum absolute atomic E-state index is 11.1. The molecule has 0 aliphatic heterocycles. The Kier molecular flexibility index (Phi) is 8.14. The van der Waals surface area contributed by atoms with Gasteiger partial charge in [-0.2, -0.15) is 5.26 Å². The number of hydrogen-bond donors (Lipinski definition) is 0. The van der Waals surface area contributed by atoms with E-state index in [2.05, 4.69) is 130 Å². The maximum atomic E-state index is 11.1. The van der Waals surface area contributed by atoms with Crippen molar-refractivity contribution >= 4 is 65.6 Å². The predicted molar refractivity (Wildman–Crippen MR) is 262 cm³/mol. The van der Waals surface area contributed by atoms with E-state index in [1.54, 1.807) is 0 Å². The Hall–Kier alpha value is -9.12. The number of nitrogens with zero attached hydrogens (tertiary/aromatic N) is 6. The fourth-order valence-electron chi connectivity index (χ4n) is 9.78. The van der Waals surface area contributed by atoms with E-state index in [1.165, 1.54) is 0 Å². The lowest BCUT2D eigenvalue weighted by Crippen LogP contribution is -2.02. The molecule has 4 heterocycles. The average molecular weight is 831 g/mol. The largest absolute Gasteiger partial charge is 0.454 e. The van der Waals surface area contributed by atoms with Crippen molar-refractivity contribution < 1.29 is 4.42 Å². The third kappa shape index (κ3) is 5.64. The number of hydrogen-bond acceptors (Lipinski definition) is 5. The first-order chi connectivity index (χ1) is 32.2. The Morgan fingerprint density at radius 1 is 0.400 bits per heavy atom. The zero-order valence-corrected chi connectivity index (χ0v) is 34.7. The van der Waals surface area contributed by atoms with Crippen LogP contribution < -0.4 is 0 Å². The Morgan fingerprint density at radius 2 is 1.02 bits per heavy atom. The average Bonchev–Trinajstić information content (AvgIpc) is 4.04. The molecule has 0 fully saturated rings. The van der Waals surface area contributed by atoms with Gasteiger partial charge in [-0.15, -0.1) is 0 Å². The molecule has 0 aliphatic carbocycles. The Balaban J connectivity index is 1.05. The second kappa shape index (κ2) is 14.5. The SMILES string of the molecule is N#Cc1cc(-c2nc(-c3ccccc3)nc(-c3ccccc3-c3ccccc3)n2)ccc1-n1c2ccccc2c2ccc3c(c4ccccc4n3-c3cccc4c3oc3ccccc34)c21. The molecule has 4 aromatic heterocycles. The van der Waals surface area contributed by atoms with E-state index < -0.39 is 0 Å². The molecule has 0 amide bonds. The van der Waals surface area contributed by atoms with Crippen molar-refractivity contribution in [3.8, 4) is 62.7 Å². The van der Waals surface area contributed by atoms with Gasteiger partial charge in [-0.3, -0.25) is 0 Å². The lowest BCUT2D eigenvalue weighted by Gasteiger charge is -2.14. The zero-order valence-electron chi connectivity index (χ0n) is 34.7. The van der Waals surface area contributed by atoms with Crippen LogP contribution in [0.15, 0.2) is 211 Å². The summed E-state index contributed by atoms with van der Waals surface area (Å²) in [4.78, 5) is 15.3. The first kappa shape index (κ1) is 36.5. The van der Waals surface area contributed by atoms with Gasteiger partial charge in [0, 0.05) is 49.0 Å². The van der Waals surface area contributed by atoms with Crippen molar-refractivity contribution in [1.29, 1.82) is 5.26 Å². The molecular weight excluding hydrogens is 797 g/mol. The van der Waals surface area contributed by atoms with Crippen molar-refractivity contribution in [2.45, 2.75) is 0 Å². The van der Waals surface area contributed by atoms with Gasteiger partial charge < -0.3 is 13.6 Å². The quantitative estimate of drug-likeness (QED) is 0.167. The molecule has 9 aromatic carbocycles. The van der Waals surface area contributed by atoms with E-state index in [1.807, 2.05) is 91.0 Å². The van der Waals surface area contributed by atoms with Crippen molar-refractivity contribution in [2.75, 3.05) is 0 Å². The summed E-state index contributed by atoms with van der Waals surface area (Å²) >= 11 is 0. The van der Waals surface area contributed by atoms with Crippen molar-refractivity contribution in [1.82, 2.24) is 24.1 Å². The summed E-state index contributed by atoms with van der Waals surface area (Å²) in [6.07, 6.45) is 0. The Labute approximate surface area is 372 Å². The molecule has 65 heavy (non-hydrogen) atoms. The van der Waals surface area contributed by atoms with E-state index in [4.69, 9.17) is 19.4 Å². The van der Waals surface area contributed by atoms with E-state index in [-0.39, 0.29) is 0 Å². The molecule has 0 bridgehead atoms. The van der Waals surface area contributed by atoms with Crippen LogP contribution in [0.4, 0.5) is 0 Å². The standard InChI is InChI=1S/C58H34N6O/c59-35-39-34-38(57-60-56(37-18-5-2-6-19-37)61-58(62-57)45-23-8-7-20-40(45)36-16-3-1-4-17-36)30-32-47(39)64-48-26-12-9-21-41(48)43-31-33-50-53(54(43)64)46-24-10-13-27-49(46)63(50)51-28-15-25-44-42-22-11-14-29-52(42)65-55(44)51/h1-34H. The topological polar surface area (TPSA) is 85.5 Å². The molecular formula is C58H34N6O. The Bertz CT molecular complexity index is 4080. The van der Waals surface area contributed by atoms with E-state index in [9.17, 15) is 5.26 Å². The van der Waals surface area contributed by atoms with E-state index in [0.29, 0.717) is 28.6 Å². The normalized spacial score (nSPS) is 11.7. The number of benzene rings is 9. The molecule has 7 nitrogen and oxygen atoms in total. The highest BCUT2D eigenvalue weighted by Crippen LogP contribution is 2.44. The molecule has 0 unspecified atom stereocenters. The first-order valence-electron chi connectivity index (χ1n) is 21.6. The molecule has 13 aromatic rings. The van der Waals surface area contributed by atoms with Crippen LogP contribution in [0.5, 0.6) is 0 Å². The lowest BCUT2D eigenvalue weighted by molar-refractivity contribution is 0.666. The van der Waals surface area contributed by atoms with Gasteiger partial charge in [-0.05, 0) is 59.7 Å². The third-order valence-corrected chi connectivity index (χ3v) is 12.6. The van der Waals surface area contributed by atoms with Gasteiger partial charge in [-0.1, -0.05) is 158 Å². The van der Waals surface area contributed by atoms with Crippen molar-refractivity contribution in [2.24, 2.45) is 0 Å². The summed E-state index contributed by atoms with van der Waals surface area (Å²) in [5.41, 5.74) is 12.6. The van der Waals surface area contributed by atoms with Gasteiger partial charge in [0.25, 0.3) is 0 Å². The highest BCUT2D eigenvalue weighted by atomic mass is 16.3. The predicted octanol–water partition coefficient (Wildman–Crippen LogP) is 14.5. The minimum atomic E-state index is 0.479. The van der Waals surface area contributed by atoms with E-state index in [0.717, 1.165) is 99.2 Å². The molecule has 0 N–H and O–H groups in total. The first-order valence-corrected chi connectivity index (χ1v) is 21.6. The number of rotatable bonds is 6. The smallest absolute Gasteiger partial charge is 0.164 e. The number of para-hydroxylation sites is 4. The molecule has 13 rings (SSSR count). The van der Waals surface area contributed by atoms with Crippen LogP contribution in [0, 0.1) is 11.3 Å². The molecule has 0 atom stereocenters. The van der Waals surface area contributed by atoms with Crippen LogP contribution in [0.1, 0.15) is 5.56 Å². The Morgan fingerprint density at radius 3 is 1.80 bits per heavy atom. The molecule has 0 radical (unpaired) electrons. The number of nitriles is 1.